The van der Waals surface area contributed by atoms with Crippen LogP contribution in [0.1, 0.15) is 25.0 Å². The van der Waals surface area contributed by atoms with Crippen molar-refractivity contribution in [2.24, 2.45) is 5.92 Å². The van der Waals surface area contributed by atoms with Crippen LogP contribution in [-0.4, -0.2) is 23.1 Å². The summed E-state index contributed by atoms with van der Waals surface area (Å²) in [6, 6.07) is 6.89. The molecular formula is C14H14N4O3. The van der Waals surface area contributed by atoms with Gasteiger partial charge in [0, 0.05) is 11.7 Å². The van der Waals surface area contributed by atoms with Crippen molar-refractivity contribution in [2.75, 3.05) is 5.32 Å². The van der Waals surface area contributed by atoms with Crippen molar-refractivity contribution in [2.45, 2.75) is 19.9 Å². The third-order valence-electron chi connectivity index (χ3n) is 3.02. The summed E-state index contributed by atoms with van der Waals surface area (Å²) in [7, 11) is 0. The van der Waals surface area contributed by atoms with E-state index in [0.29, 0.717) is 5.69 Å². The van der Waals surface area contributed by atoms with Crippen LogP contribution < -0.4 is 10.6 Å². The predicted octanol–water partition coefficient (Wildman–Crippen LogP) is 1.66. The Kier molecular flexibility index (Phi) is 5.27. The molecule has 3 N–H and O–H groups in total. The van der Waals surface area contributed by atoms with E-state index >= 15 is 0 Å². The minimum absolute atomic E-state index is 0.155. The molecule has 108 valence electrons. The van der Waals surface area contributed by atoms with Crippen LogP contribution in [0.2, 0.25) is 0 Å². The van der Waals surface area contributed by atoms with Crippen molar-refractivity contribution in [1.82, 2.24) is 5.32 Å². The number of hydrogen-bond donors (Lipinski definition) is 3. The molecule has 7 heteroatoms. The third kappa shape index (κ3) is 4.22. The van der Waals surface area contributed by atoms with E-state index in [1.54, 1.807) is 6.92 Å². The number of nitrogens with one attached hydrogen (secondary N) is 2. The maximum absolute atomic E-state index is 11.7. The van der Waals surface area contributed by atoms with Crippen molar-refractivity contribution in [3.63, 3.8) is 0 Å². The van der Waals surface area contributed by atoms with Crippen molar-refractivity contribution >= 4 is 17.7 Å². The summed E-state index contributed by atoms with van der Waals surface area (Å²) in [4.78, 5) is 22.5. The van der Waals surface area contributed by atoms with Crippen LogP contribution in [0.5, 0.6) is 0 Å². The number of amides is 2. The molecule has 2 unspecified atom stereocenters. The number of carboxylic acid groups (broad SMARTS) is 1. The quantitative estimate of drug-likeness (QED) is 0.775. The van der Waals surface area contributed by atoms with Gasteiger partial charge in [-0.3, -0.25) is 4.79 Å². The van der Waals surface area contributed by atoms with E-state index in [4.69, 9.17) is 15.6 Å². The molecule has 0 aromatic heterocycles. The fraction of sp³-hybridized carbons (Fsp3) is 0.286. The summed E-state index contributed by atoms with van der Waals surface area (Å²) in [6.07, 6.45) is 0. The Labute approximate surface area is 121 Å². The number of urea groups is 1. The molecule has 1 aromatic carbocycles. The largest absolute Gasteiger partial charge is 0.481 e. The first-order valence-corrected chi connectivity index (χ1v) is 6.13. The van der Waals surface area contributed by atoms with Gasteiger partial charge in [-0.2, -0.15) is 10.5 Å². The average molecular weight is 286 g/mol. The van der Waals surface area contributed by atoms with Crippen molar-refractivity contribution in [1.29, 1.82) is 10.5 Å². The summed E-state index contributed by atoms with van der Waals surface area (Å²) in [5, 5.41) is 31.5. The highest BCUT2D eigenvalue weighted by Gasteiger charge is 2.20. The lowest BCUT2D eigenvalue weighted by atomic mass is 10.0. The van der Waals surface area contributed by atoms with Gasteiger partial charge in [-0.25, -0.2) is 4.79 Å². The predicted molar refractivity (Wildman–Crippen MR) is 74.3 cm³/mol. The number of rotatable bonds is 4. The van der Waals surface area contributed by atoms with Gasteiger partial charge in [0.25, 0.3) is 0 Å². The van der Waals surface area contributed by atoms with Crippen molar-refractivity contribution < 1.29 is 14.7 Å². The third-order valence-corrected chi connectivity index (χ3v) is 3.02. The zero-order chi connectivity index (χ0) is 16.0. The van der Waals surface area contributed by atoms with Gasteiger partial charge >= 0.3 is 12.0 Å². The fourth-order valence-electron chi connectivity index (χ4n) is 1.52. The zero-order valence-electron chi connectivity index (χ0n) is 11.5. The summed E-state index contributed by atoms with van der Waals surface area (Å²) < 4.78 is 0. The number of aliphatic carboxylic acids is 1. The Balaban J connectivity index is 2.74. The van der Waals surface area contributed by atoms with E-state index in [9.17, 15) is 9.59 Å². The molecule has 0 aliphatic carbocycles. The molecule has 2 atom stereocenters. The zero-order valence-corrected chi connectivity index (χ0v) is 11.5. The van der Waals surface area contributed by atoms with Crippen molar-refractivity contribution in [3.05, 3.63) is 29.3 Å². The molecular weight excluding hydrogens is 272 g/mol. The molecule has 2 amide bonds. The van der Waals surface area contributed by atoms with Crippen LogP contribution in [0.4, 0.5) is 10.5 Å². The van der Waals surface area contributed by atoms with Gasteiger partial charge in [-0.05, 0) is 32.0 Å². The molecule has 0 spiro atoms. The normalized spacial score (nSPS) is 12.4. The molecule has 0 aliphatic heterocycles. The Morgan fingerprint density at radius 2 is 1.81 bits per heavy atom. The summed E-state index contributed by atoms with van der Waals surface area (Å²) in [5.41, 5.74) is 0.719. The average Bonchev–Trinajstić information content (AvgIpc) is 2.45. The first-order valence-electron chi connectivity index (χ1n) is 6.13. The molecule has 0 bridgehead atoms. The standard InChI is InChI=1S/C14H14N4O3/c1-8(13(19)20)9(2)17-14(21)18-12-4-3-10(6-15)11(5-12)7-16/h3-5,8-9H,1-2H3,(H,19,20)(H2,17,18,21). The Morgan fingerprint density at radius 1 is 1.19 bits per heavy atom. The number of nitriles is 2. The lowest BCUT2D eigenvalue weighted by Crippen LogP contribution is -2.42. The lowest BCUT2D eigenvalue weighted by Gasteiger charge is -2.18. The van der Waals surface area contributed by atoms with Gasteiger partial charge in [0.1, 0.15) is 12.1 Å². The molecule has 0 heterocycles. The number of carbonyl (C=O) groups excluding carboxylic acids is 1. The highest BCUT2D eigenvalue weighted by molar-refractivity contribution is 5.90. The van der Waals surface area contributed by atoms with Gasteiger partial charge < -0.3 is 15.7 Å². The van der Waals surface area contributed by atoms with Crippen LogP contribution in [0.25, 0.3) is 0 Å². The summed E-state index contributed by atoms with van der Waals surface area (Å²) in [6.45, 7) is 3.07. The van der Waals surface area contributed by atoms with Crippen LogP contribution in [0.3, 0.4) is 0 Å². The van der Waals surface area contributed by atoms with Crippen LogP contribution >= 0.6 is 0 Å². The number of hydrogen-bond acceptors (Lipinski definition) is 4. The lowest BCUT2D eigenvalue weighted by molar-refractivity contribution is -0.141. The Bertz CT molecular complexity index is 643. The molecule has 1 rings (SSSR count). The second kappa shape index (κ2) is 6.92. The molecule has 0 saturated heterocycles. The topological polar surface area (TPSA) is 126 Å². The molecule has 21 heavy (non-hydrogen) atoms. The van der Waals surface area contributed by atoms with Crippen LogP contribution in [-0.2, 0) is 4.79 Å². The number of nitrogens with zero attached hydrogens (tertiary/aromatic N) is 2. The second-order valence-corrected chi connectivity index (χ2v) is 4.50. The maximum Gasteiger partial charge on any atom is 0.319 e. The minimum Gasteiger partial charge on any atom is -0.481 e. The van der Waals surface area contributed by atoms with E-state index in [1.165, 1.54) is 25.1 Å². The number of benzene rings is 1. The smallest absolute Gasteiger partial charge is 0.319 e. The highest BCUT2D eigenvalue weighted by Crippen LogP contribution is 2.14. The van der Waals surface area contributed by atoms with Crippen LogP contribution in [0.15, 0.2) is 18.2 Å². The van der Waals surface area contributed by atoms with E-state index < -0.39 is 24.0 Å². The SMILES string of the molecule is CC(NC(=O)Nc1ccc(C#N)c(C#N)c1)C(C)C(=O)O. The monoisotopic (exact) mass is 286 g/mol. The molecule has 1 aromatic rings. The highest BCUT2D eigenvalue weighted by atomic mass is 16.4. The van der Waals surface area contributed by atoms with Gasteiger partial charge in [-0.15, -0.1) is 0 Å². The fourth-order valence-corrected chi connectivity index (χ4v) is 1.52. The van der Waals surface area contributed by atoms with E-state index in [-0.39, 0.29) is 11.1 Å². The van der Waals surface area contributed by atoms with Gasteiger partial charge in [0.05, 0.1) is 17.0 Å². The molecule has 0 radical (unpaired) electrons. The first-order chi connectivity index (χ1) is 9.88. The second-order valence-electron chi connectivity index (χ2n) is 4.50. The van der Waals surface area contributed by atoms with Gasteiger partial charge in [0.15, 0.2) is 0 Å². The maximum atomic E-state index is 11.7. The van der Waals surface area contributed by atoms with E-state index in [2.05, 4.69) is 10.6 Å². The van der Waals surface area contributed by atoms with E-state index in [0.717, 1.165) is 0 Å². The number of carbonyl (C=O) groups is 2. The number of carboxylic acids is 1. The van der Waals surface area contributed by atoms with Crippen molar-refractivity contribution in [3.8, 4) is 12.1 Å². The van der Waals surface area contributed by atoms with E-state index in [1.807, 2.05) is 12.1 Å². The summed E-state index contributed by atoms with van der Waals surface area (Å²) in [5.74, 6) is -1.74. The first kappa shape index (κ1) is 16.0. The molecule has 0 fully saturated rings. The molecule has 0 saturated carbocycles. The van der Waals surface area contributed by atoms with Crippen LogP contribution in [0, 0.1) is 28.6 Å². The Morgan fingerprint density at radius 3 is 2.33 bits per heavy atom. The minimum atomic E-state index is -1.01. The summed E-state index contributed by atoms with van der Waals surface area (Å²) >= 11 is 0. The molecule has 0 aliphatic rings. The Hall–Kier alpha value is -3.06. The molecule has 7 nitrogen and oxygen atoms in total. The van der Waals surface area contributed by atoms with Gasteiger partial charge in [-0.1, -0.05) is 0 Å². The number of anilines is 1. The van der Waals surface area contributed by atoms with Gasteiger partial charge in [0.2, 0.25) is 0 Å².